The normalized spacial score (nSPS) is 25.9. The monoisotopic (exact) mass is 467 g/mol. The molecular formula is C25H33N5O4. The molecule has 2 aliphatic carbocycles. The van der Waals surface area contributed by atoms with E-state index in [1.54, 1.807) is 16.1 Å². The van der Waals surface area contributed by atoms with Gasteiger partial charge in [0.2, 0.25) is 11.6 Å². The van der Waals surface area contributed by atoms with E-state index in [1.807, 2.05) is 6.92 Å². The molecule has 1 spiro atoms. The molecule has 1 aliphatic heterocycles. The van der Waals surface area contributed by atoms with Crippen LogP contribution in [0.5, 0.6) is 0 Å². The maximum absolute atomic E-state index is 13.7. The van der Waals surface area contributed by atoms with E-state index in [2.05, 4.69) is 9.97 Å². The van der Waals surface area contributed by atoms with Crippen LogP contribution >= 0.6 is 0 Å². The number of fused-ring (bicyclic) bond motifs is 1. The zero-order valence-corrected chi connectivity index (χ0v) is 20.1. The van der Waals surface area contributed by atoms with E-state index < -0.39 is 5.41 Å². The molecular weight excluding hydrogens is 434 g/mol. The molecule has 2 fully saturated rings. The zero-order valence-electron chi connectivity index (χ0n) is 20.1. The molecule has 2 aromatic heterocycles. The molecule has 2 N–H and O–H groups in total. The number of nitrogens with two attached hydrogens (primary N) is 1. The number of carbonyl (C=O) groups excluding carboxylic acids is 2. The van der Waals surface area contributed by atoms with E-state index >= 15 is 0 Å². The van der Waals surface area contributed by atoms with Crippen LogP contribution in [0, 0.1) is 12.3 Å². The molecule has 0 bridgehead atoms. The zero-order chi connectivity index (χ0) is 24.0. The van der Waals surface area contributed by atoms with Crippen LogP contribution in [0.1, 0.15) is 87.1 Å². The van der Waals surface area contributed by atoms with Crippen molar-refractivity contribution in [3.63, 3.8) is 0 Å². The maximum atomic E-state index is 13.7. The summed E-state index contributed by atoms with van der Waals surface area (Å²) in [6, 6.07) is -0.129. The lowest BCUT2D eigenvalue weighted by molar-refractivity contribution is -0.129. The number of ether oxygens (including phenoxy) is 1. The highest BCUT2D eigenvalue weighted by Crippen LogP contribution is 2.47. The number of carbonyl (C=O) groups is 2. The fourth-order valence-corrected chi connectivity index (χ4v) is 6.14. The standard InChI is InChI=1S/C25H33N5O4/c1-3-29-19-15(2)27-22(28-23(19)30(24(29)33)16-8-7-13-34-14-16)20(32)17-9-6-12-25(21(17)26)11-5-4-10-18(25)31/h16H,3-14,26H2,1-2H3/t16-,25-/m1/s1. The fraction of sp³-hybridized carbons (Fsp3) is 0.640. The van der Waals surface area contributed by atoms with Gasteiger partial charge in [0.05, 0.1) is 23.8 Å². The first kappa shape index (κ1) is 23.0. The minimum Gasteiger partial charge on any atom is -0.401 e. The lowest BCUT2D eigenvalue weighted by Gasteiger charge is -2.40. The molecule has 0 unspecified atom stereocenters. The van der Waals surface area contributed by atoms with E-state index in [0.717, 1.165) is 32.1 Å². The Labute approximate surface area is 198 Å². The first-order chi connectivity index (χ1) is 16.4. The van der Waals surface area contributed by atoms with Crippen molar-refractivity contribution < 1.29 is 14.3 Å². The second kappa shape index (κ2) is 8.76. The maximum Gasteiger partial charge on any atom is 0.330 e. The van der Waals surface area contributed by atoms with E-state index in [-0.39, 0.29) is 29.1 Å². The highest BCUT2D eigenvalue weighted by atomic mass is 16.5. The van der Waals surface area contributed by atoms with Gasteiger partial charge in [0.25, 0.3) is 0 Å². The summed E-state index contributed by atoms with van der Waals surface area (Å²) in [6.45, 7) is 5.32. The summed E-state index contributed by atoms with van der Waals surface area (Å²) in [5, 5.41) is 0. The van der Waals surface area contributed by atoms with Crippen molar-refractivity contribution in [2.75, 3.05) is 13.2 Å². The topological polar surface area (TPSA) is 122 Å². The predicted molar refractivity (Wildman–Crippen MR) is 127 cm³/mol. The van der Waals surface area contributed by atoms with Crippen LogP contribution in [0.25, 0.3) is 11.2 Å². The number of nitrogens with zero attached hydrogens (tertiary/aromatic N) is 4. The second-order valence-electron chi connectivity index (χ2n) is 9.86. The second-order valence-corrected chi connectivity index (χ2v) is 9.86. The lowest BCUT2D eigenvalue weighted by atomic mass is 9.64. The molecule has 2 aromatic rings. The van der Waals surface area contributed by atoms with Crippen molar-refractivity contribution >= 4 is 22.7 Å². The van der Waals surface area contributed by atoms with Gasteiger partial charge in [-0.3, -0.25) is 18.7 Å². The van der Waals surface area contributed by atoms with Gasteiger partial charge >= 0.3 is 5.69 Å². The summed E-state index contributed by atoms with van der Waals surface area (Å²) in [6.07, 6.45) is 6.68. The Morgan fingerprint density at radius 3 is 2.65 bits per heavy atom. The summed E-state index contributed by atoms with van der Waals surface area (Å²) in [5.74, 6) is -0.134. The van der Waals surface area contributed by atoms with Crippen LogP contribution in [0.2, 0.25) is 0 Å². The van der Waals surface area contributed by atoms with Gasteiger partial charge in [-0.25, -0.2) is 14.8 Å². The largest absolute Gasteiger partial charge is 0.401 e. The Bertz CT molecular complexity index is 1250. The van der Waals surface area contributed by atoms with Crippen molar-refractivity contribution in [1.29, 1.82) is 0 Å². The number of aromatic nitrogens is 4. The van der Waals surface area contributed by atoms with Crippen molar-refractivity contribution in [3.05, 3.63) is 33.3 Å². The minimum atomic E-state index is -0.715. The Kier molecular flexibility index (Phi) is 5.91. The lowest BCUT2D eigenvalue weighted by Crippen LogP contribution is -2.42. The van der Waals surface area contributed by atoms with Crippen LogP contribution in [0.3, 0.4) is 0 Å². The van der Waals surface area contributed by atoms with E-state index in [1.165, 1.54) is 0 Å². The van der Waals surface area contributed by atoms with Crippen LogP contribution in [-0.4, -0.2) is 43.9 Å². The highest BCUT2D eigenvalue weighted by molar-refractivity contribution is 6.08. The van der Waals surface area contributed by atoms with E-state index in [0.29, 0.717) is 73.6 Å². The van der Waals surface area contributed by atoms with Gasteiger partial charge in [-0.1, -0.05) is 6.42 Å². The molecule has 34 heavy (non-hydrogen) atoms. The number of hydrogen-bond acceptors (Lipinski definition) is 7. The highest BCUT2D eigenvalue weighted by Gasteiger charge is 2.46. The molecule has 1 saturated heterocycles. The number of Topliss-reactive ketones (excluding diaryl/α,β-unsaturated/α-hetero) is 2. The summed E-state index contributed by atoms with van der Waals surface area (Å²) < 4.78 is 8.98. The third-order valence-electron chi connectivity index (χ3n) is 7.93. The summed E-state index contributed by atoms with van der Waals surface area (Å²) >= 11 is 0. The SMILES string of the molecule is CCn1c(=O)n([C@@H]2CCCOC2)c2nc(C(=O)C3=C(N)[C@]4(CCCCC4=O)CCC3)nc(C)c21. The van der Waals surface area contributed by atoms with Crippen LogP contribution < -0.4 is 11.4 Å². The average Bonchev–Trinajstić information content (AvgIpc) is 3.14. The van der Waals surface area contributed by atoms with Crippen LogP contribution in [0.4, 0.5) is 0 Å². The molecule has 3 heterocycles. The van der Waals surface area contributed by atoms with Crippen molar-refractivity contribution in [2.24, 2.45) is 11.1 Å². The number of rotatable bonds is 4. The molecule has 1 saturated carbocycles. The molecule has 3 aliphatic rings. The van der Waals surface area contributed by atoms with Crippen molar-refractivity contribution in [1.82, 2.24) is 19.1 Å². The third-order valence-corrected chi connectivity index (χ3v) is 7.93. The number of aryl methyl sites for hydroxylation is 2. The number of allylic oxidation sites excluding steroid dienone is 2. The van der Waals surface area contributed by atoms with Gasteiger partial charge in [-0.2, -0.15) is 0 Å². The smallest absolute Gasteiger partial charge is 0.330 e. The molecule has 182 valence electrons. The van der Waals surface area contributed by atoms with Gasteiger partial charge in [0, 0.05) is 30.8 Å². The van der Waals surface area contributed by atoms with Gasteiger partial charge in [-0.15, -0.1) is 0 Å². The van der Waals surface area contributed by atoms with Crippen LogP contribution in [0.15, 0.2) is 16.1 Å². The van der Waals surface area contributed by atoms with Crippen molar-refractivity contribution in [2.45, 2.75) is 84.2 Å². The van der Waals surface area contributed by atoms with E-state index in [9.17, 15) is 14.4 Å². The van der Waals surface area contributed by atoms with Crippen LogP contribution in [-0.2, 0) is 16.1 Å². The third kappa shape index (κ3) is 3.43. The Morgan fingerprint density at radius 1 is 1.15 bits per heavy atom. The molecule has 9 nitrogen and oxygen atoms in total. The van der Waals surface area contributed by atoms with E-state index in [4.69, 9.17) is 10.5 Å². The summed E-state index contributed by atoms with van der Waals surface area (Å²) in [7, 11) is 0. The number of imidazole rings is 1. The van der Waals surface area contributed by atoms with Gasteiger partial charge in [0.1, 0.15) is 11.3 Å². The molecule has 0 aromatic carbocycles. The van der Waals surface area contributed by atoms with Gasteiger partial charge < -0.3 is 10.5 Å². The Balaban J connectivity index is 1.64. The molecule has 5 rings (SSSR count). The molecule has 0 amide bonds. The Hall–Kier alpha value is -2.81. The molecule has 2 atom stereocenters. The quantitative estimate of drug-likeness (QED) is 0.686. The number of hydrogen-bond donors (Lipinski definition) is 1. The molecule has 0 radical (unpaired) electrons. The first-order valence-electron chi connectivity index (χ1n) is 12.5. The minimum absolute atomic E-state index is 0.0435. The number of ketones is 2. The fourth-order valence-electron chi connectivity index (χ4n) is 6.14. The molecule has 9 heteroatoms. The van der Waals surface area contributed by atoms with Gasteiger partial charge in [0.15, 0.2) is 5.65 Å². The Morgan fingerprint density at radius 2 is 1.94 bits per heavy atom. The summed E-state index contributed by atoms with van der Waals surface area (Å²) in [4.78, 5) is 49.1. The van der Waals surface area contributed by atoms with Gasteiger partial charge in [-0.05, 0) is 58.8 Å². The first-order valence-corrected chi connectivity index (χ1v) is 12.5. The average molecular weight is 468 g/mol. The predicted octanol–water partition coefficient (Wildman–Crippen LogP) is 2.98. The van der Waals surface area contributed by atoms with Crippen molar-refractivity contribution in [3.8, 4) is 0 Å². The summed E-state index contributed by atoms with van der Waals surface area (Å²) in [5.41, 5.74) is 8.29.